The third-order valence-electron chi connectivity index (χ3n) is 4.04. The van der Waals surface area contributed by atoms with E-state index in [1.54, 1.807) is 35.5 Å². The molecule has 0 bridgehead atoms. The van der Waals surface area contributed by atoms with Gasteiger partial charge in [-0.3, -0.25) is 9.78 Å². The number of nitrogens with two attached hydrogens (primary N) is 1. The molecular formula is C15H17N3O3S. The molecule has 0 saturated carbocycles. The summed E-state index contributed by atoms with van der Waals surface area (Å²) in [7, 11) is -3.62. The third kappa shape index (κ3) is 2.82. The first-order valence-corrected chi connectivity index (χ1v) is 8.71. The number of carbonyl (C=O) groups is 1. The second-order valence-corrected chi connectivity index (χ2v) is 7.35. The van der Waals surface area contributed by atoms with Crippen molar-refractivity contribution in [2.75, 3.05) is 13.1 Å². The predicted molar refractivity (Wildman–Crippen MR) is 83.8 cm³/mol. The molecule has 6 nitrogen and oxygen atoms in total. The number of nitrogens with zero attached hydrogens (tertiary/aromatic N) is 2. The molecule has 2 aromatic rings. The van der Waals surface area contributed by atoms with E-state index in [4.69, 9.17) is 5.14 Å². The van der Waals surface area contributed by atoms with Gasteiger partial charge in [-0.15, -0.1) is 0 Å². The molecule has 7 heteroatoms. The van der Waals surface area contributed by atoms with Crippen LogP contribution in [0.25, 0.3) is 10.8 Å². The van der Waals surface area contributed by atoms with Crippen LogP contribution in [0, 0.1) is 0 Å². The Morgan fingerprint density at radius 3 is 2.91 bits per heavy atom. The van der Waals surface area contributed by atoms with E-state index in [2.05, 4.69) is 4.98 Å². The monoisotopic (exact) mass is 319 g/mol. The smallest absolute Gasteiger partial charge is 0.254 e. The first kappa shape index (κ1) is 14.9. The fraction of sp³-hybridized carbons (Fsp3) is 0.333. The van der Waals surface area contributed by atoms with Gasteiger partial charge in [0, 0.05) is 36.4 Å². The van der Waals surface area contributed by atoms with Gasteiger partial charge in [0.15, 0.2) is 0 Å². The number of piperidine rings is 1. The summed E-state index contributed by atoms with van der Waals surface area (Å²) in [6.45, 7) is 0.700. The van der Waals surface area contributed by atoms with Crippen LogP contribution in [0.5, 0.6) is 0 Å². The average molecular weight is 319 g/mol. The van der Waals surface area contributed by atoms with Crippen LogP contribution in [0.2, 0.25) is 0 Å². The Labute approximate surface area is 129 Å². The summed E-state index contributed by atoms with van der Waals surface area (Å²) in [5.41, 5.74) is 0.565. The van der Waals surface area contributed by atoms with Crippen LogP contribution < -0.4 is 5.14 Å². The maximum atomic E-state index is 12.8. The zero-order valence-electron chi connectivity index (χ0n) is 12.0. The molecule has 1 aliphatic heterocycles. The number of aromatic nitrogens is 1. The molecule has 2 heterocycles. The standard InChI is InChI=1S/C15H17N3O3S/c16-22(20,21)12-4-2-8-18(10-12)15(19)14-5-1-3-11-9-17-7-6-13(11)14/h1,3,5-7,9,12H,2,4,8,10H2,(H2,16,20,21). The van der Waals surface area contributed by atoms with Gasteiger partial charge >= 0.3 is 0 Å². The van der Waals surface area contributed by atoms with Gasteiger partial charge in [0.2, 0.25) is 10.0 Å². The second kappa shape index (κ2) is 5.66. The van der Waals surface area contributed by atoms with Gasteiger partial charge in [0.25, 0.3) is 5.91 Å². The Hall–Kier alpha value is -1.99. The zero-order valence-corrected chi connectivity index (χ0v) is 12.8. The minimum atomic E-state index is -3.62. The van der Waals surface area contributed by atoms with E-state index in [9.17, 15) is 13.2 Å². The molecule has 1 amide bonds. The number of rotatable bonds is 2. The summed E-state index contributed by atoms with van der Waals surface area (Å²) >= 11 is 0. The fourth-order valence-corrected chi connectivity index (χ4v) is 3.75. The van der Waals surface area contributed by atoms with Crippen molar-refractivity contribution < 1.29 is 13.2 Å². The maximum absolute atomic E-state index is 12.8. The van der Waals surface area contributed by atoms with Gasteiger partial charge in [-0.1, -0.05) is 12.1 Å². The molecule has 0 spiro atoms. The molecule has 0 aliphatic carbocycles. The average Bonchev–Trinajstić information content (AvgIpc) is 2.53. The van der Waals surface area contributed by atoms with E-state index < -0.39 is 15.3 Å². The molecule has 1 atom stereocenters. The number of hydrogen-bond acceptors (Lipinski definition) is 4. The number of primary sulfonamides is 1. The van der Waals surface area contributed by atoms with Gasteiger partial charge in [-0.05, 0) is 30.4 Å². The van der Waals surface area contributed by atoms with Gasteiger partial charge < -0.3 is 4.90 Å². The van der Waals surface area contributed by atoms with Crippen molar-refractivity contribution in [1.82, 2.24) is 9.88 Å². The van der Waals surface area contributed by atoms with Crippen LogP contribution in [0.15, 0.2) is 36.7 Å². The highest BCUT2D eigenvalue weighted by atomic mass is 32.2. The molecule has 1 saturated heterocycles. The van der Waals surface area contributed by atoms with Crippen LogP contribution in [0.3, 0.4) is 0 Å². The van der Waals surface area contributed by atoms with Crippen molar-refractivity contribution in [3.8, 4) is 0 Å². The number of benzene rings is 1. The Bertz CT molecular complexity index is 814. The summed E-state index contributed by atoms with van der Waals surface area (Å²) in [5, 5.41) is 6.25. The molecule has 116 valence electrons. The summed E-state index contributed by atoms with van der Waals surface area (Å²) in [4.78, 5) is 18.4. The van der Waals surface area contributed by atoms with Crippen molar-refractivity contribution in [3.05, 3.63) is 42.2 Å². The van der Waals surface area contributed by atoms with Crippen LogP contribution in [-0.4, -0.2) is 42.5 Å². The number of fused-ring (bicyclic) bond motifs is 1. The predicted octanol–water partition coefficient (Wildman–Crippen LogP) is 1.13. The van der Waals surface area contributed by atoms with Crippen LogP contribution in [0.1, 0.15) is 23.2 Å². The van der Waals surface area contributed by atoms with E-state index >= 15 is 0 Å². The lowest BCUT2D eigenvalue weighted by atomic mass is 10.0. The number of sulfonamides is 1. The highest BCUT2D eigenvalue weighted by molar-refractivity contribution is 7.89. The third-order valence-corrected chi connectivity index (χ3v) is 5.36. The Kier molecular flexibility index (Phi) is 3.84. The van der Waals surface area contributed by atoms with E-state index in [0.717, 1.165) is 10.8 Å². The number of pyridine rings is 1. The highest BCUT2D eigenvalue weighted by Crippen LogP contribution is 2.22. The first-order valence-electron chi connectivity index (χ1n) is 7.10. The molecule has 1 aromatic heterocycles. The van der Waals surface area contributed by atoms with E-state index in [-0.39, 0.29) is 12.5 Å². The van der Waals surface area contributed by atoms with Crippen molar-refractivity contribution in [2.45, 2.75) is 18.1 Å². The molecule has 22 heavy (non-hydrogen) atoms. The molecular weight excluding hydrogens is 302 g/mol. The van der Waals surface area contributed by atoms with Crippen molar-refractivity contribution in [3.63, 3.8) is 0 Å². The van der Waals surface area contributed by atoms with Crippen LogP contribution in [-0.2, 0) is 10.0 Å². The number of carbonyl (C=O) groups excluding carboxylic acids is 1. The molecule has 3 rings (SSSR count). The highest BCUT2D eigenvalue weighted by Gasteiger charge is 2.31. The Morgan fingerprint density at radius 1 is 1.32 bits per heavy atom. The normalized spacial score (nSPS) is 19.3. The SMILES string of the molecule is NS(=O)(=O)C1CCCN(C(=O)c2cccc3cnccc23)C1. The summed E-state index contributed by atoms with van der Waals surface area (Å²) in [6, 6.07) is 7.25. The summed E-state index contributed by atoms with van der Waals surface area (Å²) in [5.74, 6) is -0.162. The maximum Gasteiger partial charge on any atom is 0.254 e. The molecule has 1 fully saturated rings. The lowest BCUT2D eigenvalue weighted by Gasteiger charge is -2.31. The van der Waals surface area contributed by atoms with Crippen molar-refractivity contribution in [2.24, 2.45) is 5.14 Å². The second-order valence-electron chi connectivity index (χ2n) is 5.51. The lowest BCUT2D eigenvalue weighted by Crippen LogP contribution is -2.47. The fourth-order valence-electron chi connectivity index (χ4n) is 2.87. The number of hydrogen-bond donors (Lipinski definition) is 1. The summed E-state index contributed by atoms with van der Waals surface area (Å²) in [6.07, 6.45) is 4.49. The van der Waals surface area contributed by atoms with Gasteiger partial charge in [-0.25, -0.2) is 13.6 Å². The molecule has 1 aromatic carbocycles. The quantitative estimate of drug-likeness (QED) is 0.898. The topological polar surface area (TPSA) is 93.4 Å². The van der Waals surface area contributed by atoms with Crippen molar-refractivity contribution >= 4 is 26.7 Å². The number of amides is 1. The minimum Gasteiger partial charge on any atom is -0.337 e. The summed E-state index contributed by atoms with van der Waals surface area (Å²) < 4.78 is 23.1. The van der Waals surface area contributed by atoms with Crippen LogP contribution in [0.4, 0.5) is 0 Å². The first-order chi connectivity index (χ1) is 10.5. The van der Waals surface area contributed by atoms with Gasteiger partial charge in [0.05, 0.1) is 5.25 Å². The van der Waals surface area contributed by atoms with Crippen molar-refractivity contribution in [1.29, 1.82) is 0 Å². The van der Waals surface area contributed by atoms with E-state index in [0.29, 0.717) is 24.9 Å². The molecule has 0 radical (unpaired) electrons. The minimum absolute atomic E-state index is 0.152. The Balaban J connectivity index is 1.93. The molecule has 1 aliphatic rings. The van der Waals surface area contributed by atoms with Gasteiger partial charge in [-0.2, -0.15) is 0 Å². The van der Waals surface area contributed by atoms with E-state index in [1.807, 2.05) is 6.07 Å². The molecule has 1 unspecified atom stereocenters. The zero-order chi connectivity index (χ0) is 15.7. The van der Waals surface area contributed by atoms with Crippen LogP contribution >= 0.6 is 0 Å². The molecule has 2 N–H and O–H groups in total. The number of likely N-dealkylation sites (tertiary alicyclic amines) is 1. The Morgan fingerprint density at radius 2 is 2.14 bits per heavy atom. The van der Waals surface area contributed by atoms with E-state index in [1.165, 1.54) is 0 Å². The lowest BCUT2D eigenvalue weighted by molar-refractivity contribution is 0.0729. The largest absolute Gasteiger partial charge is 0.337 e. The van der Waals surface area contributed by atoms with Gasteiger partial charge in [0.1, 0.15) is 0 Å².